The second kappa shape index (κ2) is 4.47. The van der Waals surface area contributed by atoms with Gasteiger partial charge in [0.25, 0.3) is 0 Å². The van der Waals surface area contributed by atoms with Gasteiger partial charge >= 0.3 is 0 Å². The first-order valence-corrected chi connectivity index (χ1v) is 5.63. The van der Waals surface area contributed by atoms with E-state index in [9.17, 15) is 8.78 Å². The lowest BCUT2D eigenvalue weighted by atomic mass is 10.3. The van der Waals surface area contributed by atoms with Crippen LogP contribution in [0.5, 0.6) is 11.6 Å². The fourth-order valence-corrected chi connectivity index (χ4v) is 1.86. The third kappa shape index (κ3) is 2.10. The van der Waals surface area contributed by atoms with E-state index in [4.69, 9.17) is 16.3 Å². The lowest BCUT2D eigenvalue weighted by molar-refractivity contribution is 0.427. The molecule has 2 aromatic heterocycles. The zero-order valence-corrected chi connectivity index (χ0v) is 10.1. The molecule has 3 aromatic rings. The van der Waals surface area contributed by atoms with Crippen molar-refractivity contribution in [1.82, 2.24) is 15.0 Å². The van der Waals surface area contributed by atoms with Gasteiger partial charge in [-0.3, -0.25) is 0 Å². The minimum Gasteiger partial charge on any atom is -0.435 e. The van der Waals surface area contributed by atoms with Gasteiger partial charge in [0.05, 0.1) is 10.4 Å². The van der Waals surface area contributed by atoms with Crippen molar-refractivity contribution < 1.29 is 13.5 Å². The highest BCUT2D eigenvalue weighted by atomic mass is 35.5. The maximum atomic E-state index is 13.5. The Balaban J connectivity index is 2.08. The molecule has 0 aliphatic carbocycles. The van der Waals surface area contributed by atoms with Crippen molar-refractivity contribution in [3.8, 4) is 11.6 Å². The number of nitrogens with zero attached hydrogens (tertiary/aromatic N) is 2. The summed E-state index contributed by atoms with van der Waals surface area (Å²) < 4.78 is 31.6. The van der Waals surface area contributed by atoms with Gasteiger partial charge < -0.3 is 9.72 Å². The maximum Gasteiger partial charge on any atom is 0.233 e. The van der Waals surface area contributed by atoms with Crippen LogP contribution >= 0.6 is 11.6 Å². The molecule has 0 aliphatic rings. The normalized spacial score (nSPS) is 10.9. The first kappa shape index (κ1) is 11.9. The van der Waals surface area contributed by atoms with Crippen LogP contribution < -0.4 is 4.74 Å². The molecule has 1 aromatic carbocycles. The van der Waals surface area contributed by atoms with Crippen LogP contribution in [-0.4, -0.2) is 15.0 Å². The zero-order chi connectivity index (χ0) is 13.4. The van der Waals surface area contributed by atoms with Crippen LogP contribution in [0.3, 0.4) is 0 Å². The quantitative estimate of drug-likeness (QED) is 0.779. The predicted octanol–water partition coefficient (Wildman–Crippen LogP) is 3.68. The number of benzene rings is 1. The first-order valence-electron chi connectivity index (χ1n) is 5.25. The first-order chi connectivity index (χ1) is 9.15. The van der Waals surface area contributed by atoms with E-state index in [1.807, 2.05) is 0 Å². The van der Waals surface area contributed by atoms with Crippen LogP contribution in [-0.2, 0) is 0 Å². The third-order valence-corrected chi connectivity index (χ3v) is 2.79. The summed E-state index contributed by atoms with van der Waals surface area (Å²) in [6, 6.07) is 3.00. The molecule has 0 bridgehead atoms. The van der Waals surface area contributed by atoms with E-state index < -0.39 is 11.6 Å². The number of H-pyrrole nitrogens is 1. The number of nitrogens with one attached hydrogen (secondary N) is 1. The van der Waals surface area contributed by atoms with Gasteiger partial charge in [0.15, 0.2) is 11.6 Å². The minimum absolute atomic E-state index is 0.0989. The van der Waals surface area contributed by atoms with E-state index in [0.29, 0.717) is 16.1 Å². The number of ether oxygens (including phenoxy) is 1. The molecule has 0 atom stereocenters. The van der Waals surface area contributed by atoms with E-state index in [2.05, 4.69) is 15.0 Å². The van der Waals surface area contributed by atoms with Crippen molar-refractivity contribution in [1.29, 1.82) is 0 Å². The van der Waals surface area contributed by atoms with E-state index in [0.717, 1.165) is 12.1 Å². The second-order valence-electron chi connectivity index (χ2n) is 3.72. The summed E-state index contributed by atoms with van der Waals surface area (Å²) in [5.41, 5.74) is 0.470. The smallest absolute Gasteiger partial charge is 0.233 e. The summed E-state index contributed by atoms with van der Waals surface area (Å²) in [7, 11) is 0. The SMILES string of the molecule is Fc1ccc(Oc2ncnc3[nH]cc(Cl)c23)c(F)c1. The summed E-state index contributed by atoms with van der Waals surface area (Å²) in [5, 5.41) is 0.793. The summed E-state index contributed by atoms with van der Waals surface area (Å²) in [4.78, 5) is 10.7. The topological polar surface area (TPSA) is 50.8 Å². The molecule has 1 N–H and O–H groups in total. The van der Waals surface area contributed by atoms with Crippen molar-refractivity contribution in [3.63, 3.8) is 0 Å². The lowest BCUT2D eigenvalue weighted by Gasteiger charge is -2.06. The van der Waals surface area contributed by atoms with Gasteiger partial charge in [0.2, 0.25) is 5.88 Å². The summed E-state index contributed by atoms with van der Waals surface area (Å²) in [6.07, 6.45) is 2.78. The second-order valence-corrected chi connectivity index (χ2v) is 4.12. The number of aromatic nitrogens is 3. The van der Waals surface area contributed by atoms with Gasteiger partial charge in [-0.1, -0.05) is 11.6 Å². The number of rotatable bonds is 2. The standard InChI is InChI=1S/C12H6ClF2N3O/c13-7-4-16-11-10(7)12(18-5-17-11)19-9-2-1-6(14)3-8(9)15/h1-5H,(H,16,17,18). The lowest BCUT2D eigenvalue weighted by Crippen LogP contribution is -1.93. The Morgan fingerprint density at radius 3 is 2.84 bits per heavy atom. The van der Waals surface area contributed by atoms with Crippen LogP contribution in [0.1, 0.15) is 0 Å². The van der Waals surface area contributed by atoms with Crippen LogP contribution in [0.4, 0.5) is 8.78 Å². The Morgan fingerprint density at radius 2 is 2.05 bits per heavy atom. The molecule has 19 heavy (non-hydrogen) atoms. The highest BCUT2D eigenvalue weighted by Gasteiger charge is 2.13. The molecule has 0 saturated heterocycles. The van der Waals surface area contributed by atoms with Gasteiger partial charge in [-0.25, -0.2) is 18.7 Å². The molecule has 4 nitrogen and oxygen atoms in total. The highest BCUT2D eigenvalue weighted by Crippen LogP contribution is 2.32. The summed E-state index contributed by atoms with van der Waals surface area (Å²) in [6.45, 7) is 0. The van der Waals surface area contributed by atoms with Gasteiger partial charge in [-0.05, 0) is 12.1 Å². The van der Waals surface area contributed by atoms with Crippen molar-refractivity contribution >= 4 is 22.6 Å². The van der Waals surface area contributed by atoms with E-state index in [1.165, 1.54) is 18.6 Å². The van der Waals surface area contributed by atoms with Gasteiger partial charge in [0.1, 0.15) is 17.8 Å². The molecule has 0 amide bonds. The molecule has 0 spiro atoms. The molecule has 3 rings (SSSR count). The summed E-state index contributed by atoms with van der Waals surface area (Å²) in [5.74, 6) is -1.55. The molecule has 0 aliphatic heterocycles. The number of halogens is 3. The van der Waals surface area contributed by atoms with Crippen LogP contribution in [0, 0.1) is 11.6 Å². The van der Waals surface area contributed by atoms with Gasteiger partial charge in [-0.2, -0.15) is 0 Å². The minimum atomic E-state index is -0.821. The molecule has 7 heteroatoms. The van der Waals surface area contributed by atoms with Crippen LogP contribution in [0.25, 0.3) is 11.0 Å². The van der Waals surface area contributed by atoms with Crippen molar-refractivity contribution in [2.24, 2.45) is 0 Å². The fraction of sp³-hybridized carbons (Fsp3) is 0. The molecule has 0 saturated carbocycles. The predicted molar refractivity (Wildman–Crippen MR) is 65.3 cm³/mol. The average molecular weight is 282 g/mol. The molecular weight excluding hydrogens is 276 g/mol. The third-order valence-electron chi connectivity index (χ3n) is 2.49. The molecule has 0 radical (unpaired) electrons. The Labute approximate surface area is 111 Å². The monoisotopic (exact) mass is 281 g/mol. The van der Waals surface area contributed by atoms with Gasteiger partial charge in [-0.15, -0.1) is 0 Å². The van der Waals surface area contributed by atoms with E-state index in [-0.39, 0.29) is 11.6 Å². The Morgan fingerprint density at radius 1 is 1.21 bits per heavy atom. The Bertz CT molecular complexity index is 760. The highest BCUT2D eigenvalue weighted by molar-refractivity contribution is 6.35. The number of hydrogen-bond donors (Lipinski definition) is 1. The fourth-order valence-electron chi connectivity index (χ4n) is 1.64. The number of hydrogen-bond acceptors (Lipinski definition) is 3. The largest absolute Gasteiger partial charge is 0.435 e. The molecule has 2 heterocycles. The van der Waals surface area contributed by atoms with Crippen molar-refractivity contribution in [3.05, 3.63) is 47.4 Å². The van der Waals surface area contributed by atoms with Crippen molar-refractivity contribution in [2.45, 2.75) is 0 Å². The number of fused-ring (bicyclic) bond motifs is 1. The van der Waals surface area contributed by atoms with E-state index in [1.54, 1.807) is 0 Å². The maximum absolute atomic E-state index is 13.5. The molecule has 96 valence electrons. The van der Waals surface area contributed by atoms with Crippen LogP contribution in [0.2, 0.25) is 5.02 Å². The Hall–Kier alpha value is -2.21. The molecular formula is C12H6ClF2N3O. The molecule has 0 unspecified atom stereocenters. The van der Waals surface area contributed by atoms with E-state index >= 15 is 0 Å². The average Bonchev–Trinajstić information content (AvgIpc) is 2.76. The van der Waals surface area contributed by atoms with Crippen molar-refractivity contribution in [2.75, 3.05) is 0 Å². The number of aromatic amines is 1. The van der Waals surface area contributed by atoms with Gasteiger partial charge in [0, 0.05) is 12.3 Å². The van der Waals surface area contributed by atoms with Crippen LogP contribution in [0.15, 0.2) is 30.7 Å². The summed E-state index contributed by atoms with van der Waals surface area (Å²) >= 11 is 5.96. The molecule has 0 fully saturated rings. The zero-order valence-electron chi connectivity index (χ0n) is 9.32. The Kier molecular flexibility index (Phi) is 2.79.